The first-order chi connectivity index (χ1) is 16.3. The standard InChI is InChI=1S/C23H22F8N2O2S/c1-12-9-13(21(25,22(26,27)28)23(29,30)31)5-8-17(12)32-18(34)15-7-6-14(24)10-16(15)19(35)33-20(2,3)11-36-4/h5-10H,11H2,1-4H3,(H,32,34)(H,33,35). The van der Waals surface area contributed by atoms with E-state index in [9.17, 15) is 44.7 Å². The van der Waals surface area contributed by atoms with Crippen LogP contribution in [0.5, 0.6) is 0 Å². The number of anilines is 1. The van der Waals surface area contributed by atoms with Gasteiger partial charge in [-0.25, -0.2) is 8.78 Å². The monoisotopic (exact) mass is 542 g/mol. The van der Waals surface area contributed by atoms with Crippen molar-refractivity contribution in [2.75, 3.05) is 17.3 Å². The molecule has 13 heteroatoms. The molecule has 2 N–H and O–H groups in total. The Labute approximate surface area is 205 Å². The van der Waals surface area contributed by atoms with Crippen LogP contribution >= 0.6 is 11.8 Å². The lowest BCUT2D eigenvalue weighted by atomic mass is 9.92. The minimum atomic E-state index is -6.29. The van der Waals surface area contributed by atoms with Crippen LogP contribution < -0.4 is 10.6 Å². The normalized spacial score (nSPS) is 12.9. The fourth-order valence-corrected chi connectivity index (χ4v) is 4.16. The highest BCUT2D eigenvalue weighted by Gasteiger charge is 2.73. The third-order valence-electron chi connectivity index (χ3n) is 5.08. The smallest absolute Gasteiger partial charge is 0.346 e. The van der Waals surface area contributed by atoms with Gasteiger partial charge >= 0.3 is 18.0 Å². The van der Waals surface area contributed by atoms with Crippen LogP contribution in [0.2, 0.25) is 0 Å². The summed E-state index contributed by atoms with van der Waals surface area (Å²) in [6.45, 7) is 4.48. The van der Waals surface area contributed by atoms with Crippen LogP contribution in [0.1, 0.15) is 45.7 Å². The van der Waals surface area contributed by atoms with Crippen LogP contribution in [-0.4, -0.2) is 41.7 Å². The molecule has 0 aliphatic rings. The molecule has 4 nitrogen and oxygen atoms in total. The van der Waals surface area contributed by atoms with E-state index in [4.69, 9.17) is 0 Å². The molecule has 0 heterocycles. The van der Waals surface area contributed by atoms with Crippen molar-refractivity contribution in [3.8, 4) is 0 Å². The van der Waals surface area contributed by atoms with Crippen molar-refractivity contribution in [1.29, 1.82) is 0 Å². The number of rotatable bonds is 7. The summed E-state index contributed by atoms with van der Waals surface area (Å²) in [4.78, 5) is 25.6. The Morgan fingerprint density at radius 3 is 1.94 bits per heavy atom. The predicted octanol–water partition coefficient (Wildman–Crippen LogP) is 6.55. The number of amides is 2. The molecule has 0 atom stereocenters. The minimum absolute atomic E-state index is 0.242. The van der Waals surface area contributed by atoms with E-state index in [1.54, 1.807) is 20.1 Å². The number of carbonyl (C=O) groups excluding carboxylic acids is 2. The Kier molecular flexibility index (Phi) is 8.39. The molecule has 0 saturated heterocycles. The lowest BCUT2D eigenvalue weighted by Gasteiger charge is -2.30. The molecule has 0 spiro atoms. The SMILES string of the molecule is CSCC(C)(C)NC(=O)c1cc(F)ccc1C(=O)Nc1ccc(C(F)(C(F)(F)F)C(F)(F)F)cc1C. The summed E-state index contributed by atoms with van der Waals surface area (Å²) in [5, 5.41) is 4.92. The highest BCUT2D eigenvalue weighted by molar-refractivity contribution is 7.98. The highest BCUT2D eigenvalue weighted by Crippen LogP contribution is 2.53. The lowest BCUT2D eigenvalue weighted by Crippen LogP contribution is -2.50. The summed E-state index contributed by atoms with van der Waals surface area (Å²) in [7, 11) is 0. The van der Waals surface area contributed by atoms with Crippen LogP contribution in [0.15, 0.2) is 36.4 Å². The maximum absolute atomic E-state index is 14.3. The minimum Gasteiger partial charge on any atom is -0.346 e. The third kappa shape index (κ3) is 6.11. The molecule has 2 rings (SSSR count). The zero-order valence-electron chi connectivity index (χ0n) is 19.4. The molecule has 0 radical (unpaired) electrons. The quantitative estimate of drug-likeness (QED) is 0.391. The summed E-state index contributed by atoms with van der Waals surface area (Å²) in [5.41, 5.74) is -9.26. The number of nitrogens with one attached hydrogen (secondary N) is 2. The first-order valence-electron chi connectivity index (χ1n) is 10.2. The summed E-state index contributed by atoms with van der Waals surface area (Å²) in [6, 6.07) is 3.98. The number of hydrogen-bond acceptors (Lipinski definition) is 3. The molecule has 0 aromatic heterocycles. The first-order valence-corrected chi connectivity index (χ1v) is 11.6. The Balaban J connectivity index is 2.41. The van der Waals surface area contributed by atoms with Gasteiger partial charge < -0.3 is 10.6 Å². The van der Waals surface area contributed by atoms with Crippen LogP contribution in [0.4, 0.5) is 40.8 Å². The van der Waals surface area contributed by atoms with Gasteiger partial charge in [-0.1, -0.05) is 12.1 Å². The zero-order chi connectivity index (χ0) is 27.7. The first kappa shape index (κ1) is 29.4. The third-order valence-corrected chi connectivity index (χ3v) is 6.09. The van der Waals surface area contributed by atoms with Crippen molar-refractivity contribution in [3.63, 3.8) is 0 Å². The number of benzene rings is 2. The number of carbonyl (C=O) groups is 2. The average molecular weight is 542 g/mol. The zero-order valence-corrected chi connectivity index (χ0v) is 20.2. The number of hydrogen-bond donors (Lipinski definition) is 2. The molecule has 0 aliphatic heterocycles. The maximum atomic E-state index is 14.3. The summed E-state index contributed by atoms with van der Waals surface area (Å²) in [5.74, 6) is -2.09. The van der Waals surface area contributed by atoms with E-state index in [-0.39, 0.29) is 28.4 Å². The second-order valence-electron chi connectivity index (χ2n) is 8.60. The van der Waals surface area contributed by atoms with Gasteiger partial charge in [0.25, 0.3) is 11.8 Å². The molecule has 2 aromatic carbocycles. The van der Waals surface area contributed by atoms with E-state index in [2.05, 4.69) is 10.6 Å². The van der Waals surface area contributed by atoms with Crippen molar-refractivity contribution >= 4 is 29.3 Å². The molecule has 0 unspecified atom stereocenters. The van der Waals surface area contributed by atoms with Crippen molar-refractivity contribution in [3.05, 3.63) is 64.5 Å². The molecular formula is C23H22F8N2O2S. The van der Waals surface area contributed by atoms with Gasteiger partial charge in [0.2, 0.25) is 0 Å². The van der Waals surface area contributed by atoms with Crippen molar-refractivity contribution in [2.24, 2.45) is 0 Å². The maximum Gasteiger partial charge on any atom is 0.435 e. The molecule has 2 aromatic rings. The fourth-order valence-electron chi connectivity index (χ4n) is 3.37. The van der Waals surface area contributed by atoms with Crippen molar-refractivity contribution in [1.82, 2.24) is 5.32 Å². The van der Waals surface area contributed by atoms with Gasteiger partial charge in [-0.05, 0) is 56.9 Å². The van der Waals surface area contributed by atoms with Crippen LogP contribution in [-0.2, 0) is 5.67 Å². The van der Waals surface area contributed by atoms with E-state index in [0.29, 0.717) is 17.9 Å². The summed E-state index contributed by atoms with van der Waals surface area (Å²) >= 11 is 1.43. The van der Waals surface area contributed by atoms with Gasteiger partial charge in [-0.2, -0.15) is 38.1 Å². The van der Waals surface area contributed by atoms with Gasteiger partial charge in [-0.3, -0.25) is 9.59 Å². The molecule has 36 heavy (non-hydrogen) atoms. The van der Waals surface area contributed by atoms with E-state index in [1.807, 2.05) is 0 Å². The predicted molar refractivity (Wildman–Crippen MR) is 120 cm³/mol. The average Bonchev–Trinajstić information content (AvgIpc) is 2.72. The summed E-state index contributed by atoms with van der Waals surface area (Å²) < 4.78 is 106. The largest absolute Gasteiger partial charge is 0.435 e. The number of aryl methyl sites for hydroxylation is 1. The van der Waals surface area contributed by atoms with E-state index >= 15 is 0 Å². The van der Waals surface area contributed by atoms with Gasteiger partial charge in [0.05, 0.1) is 11.1 Å². The van der Waals surface area contributed by atoms with Crippen LogP contribution in [0.3, 0.4) is 0 Å². The molecule has 0 aliphatic carbocycles. The Bertz CT molecular complexity index is 1130. The van der Waals surface area contributed by atoms with E-state index in [1.165, 1.54) is 11.8 Å². The topological polar surface area (TPSA) is 58.2 Å². The van der Waals surface area contributed by atoms with Crippen molar-refractivity contribution in [2.45, 2.75) is 44.3 Å². The molecule has 0 fully saturated rings. The van der Waals surface area contributed by atoms with Gasteiger partial charge in [-0.15, -0.1) is 0 Å². The summed E-state index contributed by atoms with van der Waals surface area (Å²) in [6.07, 6.45) is -10.8. The highest BCUT2D eigenvalue weighted by atomic mass is 32.2. The van der Waals surface area contributed by atoms with Crippen LogP contribution in [0.25, 0.3) is 0 Å². The second kappa shape index (κ2) is 10.3. The molecular weight excluding hydrogens is 520 g/mol. The molecule has 198 valence electrons. The van der Waals surface area contributed by atoms with E-state index < -0.39 is 46.8 Å². The number of thioether (sulfide) groups is 1. The van der Waals surface area contributed by atoms with Gasteiger partial charge in [0, 0.05) is 22.5 Å². The van der Waals surface area contributed by atoms with Gasteiger partial charge in [0.1, 0.15) is 5.82 Å². The fraction of sp³-hybridized carbons (Fsp3) is 0.391. The Morgan fingerprint density at radius 1 is 0.861 bits per heavy atom. The molecule has 0 bridgehead atoms. The Hall–Kier alpha value is -2.83. The Morgan fingerprint density at radius 2 is 1.44 bits per heavy atom. The number of halogens is 8. The van der Waals surface area contributed by atoms with E-state index in [0.717, 1.165) is 25.1 Å². The number of alkyl halides is 7. The molecule has 2 amide bonds. The van der Waals surface area contributed by atoms with Gasteiger partial charge in [0.15, 0.2) is 0 Å². The van der Waals surface area contributed by atoms with Crippen molar-refractivity contribution < 1.29 is 44.7 Å². The molecule has 0 saturated carbocycles. The van der Waals surface area contributed by atoms with Crippen LogP contribution in [0, 0.1) is 12.7 Å². The lowest BCUT2D eigenvalue weighted by molar-refractivity contribution is -0.348. The second-order valence-corrected chi connectivity index (χ2v) is 9.46.